The third-order valence-corrected chi connectivity index (χ3v) is 3.60. The minimum absolute atomic E-state index is 0.00361. The van der Waals surface area contributed by atoms with Gasteiger partial charge in [-0.3, -0.25) is 0 Å². The molecule has 0 spiro atoms. The van der Waals surface area contributed by atoms with Crippen molar-refractivity contribution in [1.29, 1.82) is 0 Å². The molecule has 0 amide bonds. The van der Waals surface area contributed by atoms with Gasteiger partial charge in [-0.2, -0.15) is 0 Å². The lowest BCUT2D eigenvalue weighted by atomic mass is 9.95. The Labute approximate surface area is 120 Å². The van der Waals surface area contributed by atoms with Gasteiger partial charge >= 0.3 is 0 Å². The largest absolute Gasteiger partial charge is 0.313 e. The van der Waals surface area contributed by atoms with Crippen LogP contribution in [-0.4, -0.2) is 7.05 Å². The van der Waals surface area contributed by atoms with E-state index in [9.17, 15) is 4.39 Å². The highest BCUT2D eigenvalue weighted by Gasteiger charge is 2.15. The molecule has 1 nitrogen and oxygen atoms in total. The van der Waals surface area contributed by atoms with Gasteiger partial charge < -0.3 is 5.32 Å². The van der Waals surface area contributed by atoms with Crippen LogP contribution in [0.2, 0.25) is 0 Å². The summed E-state index contributed by atoms with van der Waals surface area (Å²) < 4.78 is 14.0. The fourth-order valence-corrected chi connectivity index (χ4v) is 2.72. The summed E-state index contributed by atoms with van der Waals surface area (Å²) in [5, 5.41) is 3.23. The zero-order chi connectivity index (χ0) is 14.7. The van der Waals surface area contributed by atoms with E-state index in [4.69, 9.17) is 0 Å². The van der Waals surface area contributed by atoms with Crippen LogP contribution in [0.25, 0.3) is 0 Å². The normalized spacial score (nSPS) is 12.4. The van der Waals surface area contributed by atoms with Crippen molar-refractivity contribution in [3.63, 3.8) is 0 Å². The van der Waals surface area contributed by atoms with Crippen molar-refractivity contribution in [1.82, 2.24) is 5.32 Å². The second-order valence-electron chi connectivity index (χ2n) is 5.57. The van der Waals surface area contributed by atoms with Crippen LogP contribution in [0.1, 0.15) is 33.9 Å². The molecule has 0 aliphatic carbocycles. The number of rotatable bonds is 4. The van der Waals surface area contributed by atoms with E-state index in [1.807, 2.05) is 26.1 Å². The number of hydrogen-bond donors (Lipinski definition) is 1. The zero-order valence-electron chi connectivity index (χ0n) is 12.6. The molecule has 0 aliphatic rings. The monoisotopic (exact) mass is 271 g/mol. The maximum atomic E-state index is 14.0. The Kier molecular flexibility index (Phi) is 4.56. The summed E-state index contributed by atoms with van der Waals surface area (Å²) in [5.74, 6) is -0.140. The average molecular weight is 271 g/mol. The lowest BCUT2D eigenvalue weighted by Gasteiger charge is -2.19. The molecule has 0 radical (unpaired) electrons. The zero-order valence-corrected chi connectivity index (χ0v) is 12.6. The topological polar surface area (TPSA) is 12.0 Å². The SMILES string of the molecule is CNC(Cc1cc(C)cc(C)c1)c1cc(C)ccc1F. The highest BCUT2D eigenvalue weighted by Crippen LogP contribution is 2.23. The van der Waals surface area contributed by atoms with Crippen LogP contribution in [0.15, 0.2) is 36.4 Å². The van der Waals surface area contributed by atoms with Crippen LogP contribution in [0.5, 0.6) is 0 Å². The van der Waals surface area contributed by atoms with Crippen LogP contribution < -0.4 is 5.32 Å². The van der Waals surface area contributed by atoms with Gasteiger partial charge in [-0.15, -0.1) is 0 Å². The molecule has 106 valence electrons. The minimum atomic E-state index is -0.140. The van der Waals surface area contributed by atoms with Gasteiger partial charge in [0.05, 0.1) is 0 Å². The Morgan fingerprint density at radius 3 is 2.20 bits per heavy atom. The van der Waals surface area contributed by atoms with Gasteiger partial charge in [-0.05, 0) is 45.9 Å². The molecular weight excluding hydrogens is 249 g/mol. The van der Waals surface area contributed by atoms with E-state index in [1.165, 1.54) is 16.7 Å². The molecule has 2 heteroatoms. The van der Waals surface area contributed by atoms with Gasteiger partial charge in [0.25, 0.3) is 0 Å². The maximum Gasteiger partial charge on any atom is 0.128 e. The standard InChI is InChI=1S/C18H22FN/c1-12-5-6-17(19)16(10-12)18(20-4)11-15-8-13(2)7-14(3)9-15/h5-10,18,20H,11H2,1-4H3. The smallest absolute Gasteiger partial charge is 0.128 e. The number of hydrogen-bond acceptors (Lipinski definition) is 1. The van der Waals surface area contributed by atoms with Gasteiger partial charge in [0.1, 0.15) is 5.82 Å². The molecule has 0 saturated carbocycles. The first kappa shape index (κ1) is 14.7. The van der Waals surface area contributed by atoms with Crippen molar-refractivity contribution in [3.05, 3.63) is 70.0 Å². The summed E-state index contributed by atoms with van der Waals surface area (Å²) in [6.45, 7) is 6.18. The first-order chi connectivity index (χ1) is 9.49. The van der Waals surface area contributed by atoms with Crippen molar-refractivity contribution in [3.8, 4) is 0 Å². The predicted octanol–water partition coefficient (Wildman–Crippen LogP) is 4.25. The lowest BCUT2D eigenvalue weighted by Crippen LogP contribution is -2.20. The molecule has 0 bridgehead atoms. The molecule has 1 N–H and O–H groups in total. The summed E-state index contributed by atoms with van der Waals surface area (Å²) >= 11 is 0. The molecule has 20 heavy (non-hydrogen) atoms. The second-order valence-corrected chi connectivity index (χ2v) is 5.57. The van der Waals surface area contributed by atoms with E-state index in [-0.39, 0.29) is 11.9 Å². The van der Waals surface area contributed by atoms with Crippen molar-refractivity contribution in [2.24, 2.45) is 0 Å². The van der Waals surface area contributed by atoms with Crippen LogP contribution >= 0.6 is 0 Å². The van der Waals surface area contributed by atoms with Crippen LogP contribution in [0, 0.1) is 26.6 Å². The van der Waals surface area contributed by atoms with Crippen molar-refractivity contribution >= 4 is 0 Å². The third kappa shape index (κ3) is 3.45. The highest BCUT2D eigenvalue weighted by atomic mass is 19.1. The van der Waals surface area contributed by atoms with Gasteiger partial charge in [0.15, 0.2) is 0 Å². The molecule has 0 aliphatic heterocycles. The molecule has 2 rings (SSSR count). The number of halogens is 1. The Balaban J connectivity index is 2.31. The Bertz CT molecular complexity index is 584. The first-order valence-electron chi connectivity index (χ1n) is 7.00. The van der Waals surface area contributed by atoms with Crippen molar-refractivity contribution in [2.45, 2.75) is 33.2 Å². The summed E-state index contributed by atoms with van der Waals surface area (Å²) in [6.07, 6.45) is 0.791. The summed E-state index contributed by atoms with van der Waals surface area (Å²) in [5.41, 5.74) is 5.57. The fourth-order valence-electron chi connectivity index (χ4n) is 2.72. The molecule has 1 unspecified atom stereocenters. The molecule has 2 aromatic carbocycles. The number of likely N-dealkylation sites (N-methyl/N-ethyl adjacent to an activating group) is 1. The summed E-state index contributed by atoms with van der Waals surface area (Å²) in [7, 11) is 1.88. The third-order valence-electron chi connectivity index (χ3n) is 3.60. The predicted molar refractivity (Wildman–Crippen MR) is 82.6 cm³/mol. The summed E-state index contributed by atoms with van der Waals surface area (Å²) in [6, 6.07) is 11.8. The average Bonchev–Trinajstić information content (AvgIpc) is 2.38. The highest BCUT2D eigenvalue weighted by molar-refractivity contribution is 5.32. The Morgan fingerprint density at radius 1 is 0.950 bits per heavy atom. The van der Waals surface area contributed by atoms with Crippen LogP contribution in [0.3, 0.4) is 0 Å². The van der Waals surface area contributed by atoms with E-state index in [2.05, 4.69) is 37.4 Å². The second kappa shape index (κ2) is 6.19. The minimum Gasteiger partial charge on any atom is -0.313 e. The molecule has 2 aromatic rings. The molecule has 0 saturated heterocycles. The molecule has 0 heterocycles. The van der Waals surface area contributed by atoms with Gasteiger partial charge in [-0.1, -0.05) is 47.0 Å². The van der Waals surface area contributed by atoms with E-state index >= 15 is 0 Å². The summed E-state index contributed by atoms with van der Waals surface area (Å²) in [4.78, 5) is 0. The van der Waals surface area contributed by atoms with Crippen molar-refractivity contribution < 1.29 is 4.39 Å². The van der Waals surface area contributed by atoms with Crippen molar-refractivity contribution in [2.75, 3.05) is 7.05 Å². The van der Waals surface area contributed by atoms with Crippen LogP contribution in [0.4, 0.5) is 4.39 Å². The van der Waals surface area contributed by atoms with E-state index < -0.39 is 0 Å². The molecule has 0 aromatic heterocycles. The molecule has 1 atom stereocenters. The van der Waals surface area contributed by atoms with Gasteiger partial charge in [0, 0.05) is 11.6 Å². The lowest BCUT2D eigenvalue weighted by molar-refractivity contribution is 0.533. The molecular formula is C18H22FN. The van der Waals surface area contributed by atoms with Crippen LogP contribution in [-0.2, 0) is 6.42 Å². The van der Waals surface area contributed by atoms with Gasteiger partial charge in [0.2, 0.25) is 0 Å². The van der Waals surface area contributed by atoms with Gasteiger partial charge in [-0.25, -0.2) is 4.39 Å². The number of nitrogens with one attached hydrogen (secondary N) is 1. The first-order valence-corrected chi connectivity index (χ1v) is 7.00. The number of aryl methyl sites for hydroxylation is 3. The fraction of sp³-hybridized carbons (Fsp3) is 0.333. The maximum absolute atomic E-state index is 14.0. The quantitative estimate of drug-likeness (QED) is 0.876. The molecule has 0 fully saturated rings. The Morgan fingerprint density at radius 2 is 1.60 bits per heavy atom. The van der Waals surface area contributed by atoms with E-state index in [1.54, 1.807) is 6.07 Å². The van der Waals surface area contributed by atoms with E-state index in [0.717, 1.165) is 17.5 Å². The Hall–Kier alpha value is -1.67. The number of benzene rings is 2. The van der Waals surface area contributed by atoms with E-state index in [0.29, 0.717) is 0 Å².